The predicted octanol–water partition coefficient (Wildman–Crippen LogP) is 10.2. The number of hydrogen-bond acceptors (Lipinski definition) is 2. The number of fused-ring (bicyclic) bond motifs is 7. The van der Waals surface area contributed by atoms with Crippen molar-refractivity contribution < 1.29 is 0 Å². The highest BCUT2D eigenvalue weighted by Gasteiger charge is 2.20. The molecule has 0 amide bonds. The van der Waals surface area contributed by atoms with Gasteiger partial charge in [-0.25, -0.2) is 0 Å². The molecular formula is C42H30N4. The average Bonchev–Trinajstić information content (AvgIpc) is 3.62. The highest BCUT2D eigenvalue weighted by molar-refractivity contribution is 6.20. The third-order valence-corrected chi connectivity index (χ3v) is 9.29. The maximum absolute atomic E-state index is 7.13. The van der Waals surface area contributed by atoms with E-state index in [1.165, 1.54) is 27.1 Å². The Bertz CT molecular complexity index is 2640. The molecule has 9 rings (SSSR count). The van der Waals surface area contributed by atoms with Gasteiger partial charge in [-0.1, -0.05) is 84.9 Å². The van der Waals surface area contributed by atoms with Gasteiger partial charge in [0.2, 0.25) is 0 Å². The van der Waals surface area contributed by atoms with Crippen LogP contribution in [0.15, 0.2) is 152 Å². The van der Waals surface area contributed by atoms with Crippen LogP contribution in [0.5, 0.6) is 0 Å². The van der Waals surface area contributed by atoms with E-state index in [-0.39, 0.29) is 0 Å². The summed E-state index contributed by atoms with van der Waals surface area (Å²) in [7, 11) is 0. The molecule has 2 aromatic heterocycles. The number of hydrogen-bond donors (Lipinski definition) is 2. The number of anilines is 1. The minimum Gasteiger partial charge on any atom is -0.405 e. The molecule has 0 saturated carbocycles. The van der Waals surface area contributed by atoms with Crippen LogP contribution in [0.4, 0.5) is 5.69 Å². The molecule has 46 heavy (non-hydrogen) atoms. The summed E-state index contributed by atoms with van der Waals surface area (Å²) in [5.74, 6) is 0. The van der Waals surface area contributed by atoms with Crippen LogP contribution >= 0.6 is 0 Å². The van der Waals surface area contributed by atoms with Gasteiger partial charge in [0.15, 0.2) is 0 Å². The lowest BCUT2D eigenvalue weighted by molar-refractivity contribution is 1.18. The van der Waals surface area contributed by atoms with Crippen molar-refractivity contribution in [1.29, 1.82) is 0 Å². The number of para-hydroxylation sites is 4. The van der Waals surface area contributed by atoms with Crippen LogP contribution in [0, 0.1) is 0 Å². The van der Waals surface area contributed by atoms with Crippen LogP contribution in [-0.2, 0) is 0 Å². The van der Waals surface area contributed by atoms with Gasteiger partial charge in [-0.15, -0.1) is 0 Å². The highest BCUT2D eigenvalue weighted by atomic mass is 15.0. The summed E-state index contributed by atoms with van der Waals surface area (Å²) in [4.78, 5) is 0. The van der Waals surface area contributed by atoms with Crippen LogP contribution in [0.2, 0.25) is 0 Å². The Balaban J connectivity index is 1.40. The zero-order valence-electron chi connectivity index (χ0n) is 25.1. The van der Waals surface area contributed by atoms with Gasteiger partial charge in [0, 0.05) is 49.6 Å². The van der Waals surface area contributed by atoms with Crippen molar-refractivity contribution in [2.75, 3.05) is 5.73 Å². The SMILES string of the molecule is N/C=C\c1c(-c2cccc3c2c2ccccc2n3-c2ccccc2)cc2cc3c(cc2c1N)c1ccccc1n3-c1ccccc1. The second-order valence-electron chi connectivity index (χ2n) is 11.8. The number of nitrogens with zero attached hydrogens (tertiary/aromatic N) is 2. The van der Waals surface area contributed by atoms with E-state index < -0.39 is 0 Å². The molecule has 0 bridgehead atoms. The van der Waals surface area contributed by atoms with Gasteiger partial charge in [-0.05, 0) is 89.5 Å². The largest absolute Gasteiger partial charge is 0.405 e. The van der Waals surface area contributed by atoms with Crippen molar-refractivity contribution in [3.63, 3.8) is 0 Å². The van der Waals surface area contributed by atoms with Gasteiger partial charge in [-0.3, -0.25) is 0 Å². The van der Waals surface area contributed by atoms with E-state index in [1.807, 2.05) is 6.08 Å². The lowest BCUT2D eigenvalue weighted by Gasteiger charge is -2.16. The molecule has 0 saturated heterocycles. The number of benzene rings is 7. The summed E-state index contributed by atoms with van der Waals surface area (Å²) in [5, 5.41) is 6.84. The lowest BCUT2D eigenvalue weighted by atomic mass is 9.90. The van der Waals surface area contributed by atoms with Crippen molar-refractivity contribution in [1.82, 2.24) is 9.13 Å². The Hall–Kier alpha value is -6.26. The molecule has 0 aliphatic rings. The van der Waals surface area contributed by atoms with Gasteiger partial charge in [-0.2, -0.15) is 0 Å². The van der Waals surface area contributed by atoms with Crippen LogP contribution < -0.4 is 11.5 Å². The van der Waals surface area contributed by atoms with Crippen molar-refractivity contribution in [2.24, 2.45) is 5.73 Å². The molecule has 2 heterocycles. The van der Waals surface area contributed by atoms with Crippen molar-refractivity contribution in [3.8, 4) is 22.5 Å². The minimum atomic E-state index is 0.719. The third-order valence-electron chi connectivity index (χ3n) is 9.29. The van der Waals surface area contributed by atoms with Crippen LogP contribution in [0.1, 0.15) is 5.56 Å². The Morgan fingerprint density at radius 2 is 1.04 bits per heavy atom. The van der Waals surface area contributed by atoms with E-state index in [2.05, 4.69) is 155 Å². The molecule has 0 aliphatic carbocycles. The summed E-state index contributed by atoms with van der Waals surface area (Å²) >= 11 is 0. The average molecular weight is 591 g/mol. The topological polar surface area (TPSA) is 61.9 Å². The summed E-state index contributed by atoms with van der Waals surface area (Å²) in [6.07, 6.45) is 3.53. The van der Waals surface area contributed by atoms with Gasteiger partial charge >= 0.3 is 0 Å². The fourth-order valence-electron chi connectivity index (χ4n) is 7.36. The third kappa shape index (κ3) is 3.74. The van der Waals surface area contributed by atoms with E-state index in [4.69, 9.17) is 11.5 Å². The van der Waals surface area contributed by atoms with Gasteiger partial charge in [0.05, 0.1) is 22.1 Å². The van der Waals surface area contributed by atoms with Gasteiger partial charge in [0.25, 0.3) is 0 Å². The number of nitrogens with two attached hydrogens (primary N) is 2. The highest BCUT2D eigenvalue weighted by Crippen LogP contribution is 2.44. The number of aromatic nitrogens is 2. The zero-order valence-corrected chi connectivity index (χ0v) is 25.1. The lowest BCUT2D eigenvalue weighted by Crippen LogP contribution is -1.98. The van der Waals surface area contributed by atoms with E-state index in [0.29, 0.717) is 0 Å². The molecule has 0 radical (unpaired) electrons. The van der Waals surface area contributed by atoms with Crippen molar-refractivity contribution in [2.45, 2.75) is 0 Å². The first-order chi connectivity index (χ1) is 22.7. The Morgan fingerprint density at radius 1 is 0.457 bits per heavy atom. The molecule has 4 heteroatoms. The Kier molecular flexibility index (Phi) is 5.77. The second-order valence-corrected chi connectivity index (χ2v) is 11.8. The summed E-state index contributed by atoms with van der Waals surface area (Å²) < 4.78 is 4.70. The van der Waals surface area contributed by atoms with E-state index in [9.17, 15) is 0 Å². The van der Waals surface area contributed by atoms with Crippen LogP contribution in [-0.4, -0.2) is 9.13 Å². The van der Waals surface area contributed by atoms with E-state index in [0.717, 1.165) is 61.1 Å². The monoisotopic (exact) mass is 590 g/mol. The fourth-order valence-corrected chi connectivity index (χ4v) is 7.36. The summed E-state index contributed by atoms with van der Waals surface area (Å²) in [5.41, 5.74) is 23.9. The molecular weight excluding hydrogens is 560 g/mol. The van der Waals surface area contributed by atoms with Crippen molar-refractivity contribution in [3.05, 3.63) is 157 Å². The van der Waals surface area contributed by atoms with Crippen molar-refractivity contribution >= 4 is 66.1 Å². The van der Waals surface area contributed by atoms with Gasteiger partial charge < -0.3 is 20.6 Å². The summed E-state index contributed by atoms with van der Waals surface area (Å²) in [6.45, 7) is 0. The molecule has 0 fully saturated rings. The maximum atomic E-state index is 7.13. The predicted molar refractivity (Wildman–Crippen MR) is 196 cm³/mol. The maximum Gasteiger partial charge on any atom is 0.0547 e. The number of rotatable bonds is 4. The fraction of sp³-hybridized carbons (Fsp3) is 0. The first-order valence-corrected chi connectivity index (χ1v) is 15.5. The van der Waals surface area contributed by atoms with E-state index in [1.54, 1.807) is 6.20 Å². The molecule has 7 aromatic carbocycles. The Morgan fingerprint density at radius 3 is 1.74 bits per heavy atom. The molecule has 0 atom stereocenters. The molecule has 218 valence electrons. The molecule has 4 N–H and O–H groups in total. The van der Waals surface area contributed by atoms with E-state index >= 15 is 0 Å². The molecule has 0 aliphatic heterocycles. The molecule has 9 aromatic rings. The Labute approximate surface area is 266 Å². The normalized spacial score (nSPS) is 12.0. The first-order valence-electron chi connectivity index (χ1n) is 15.5. The van der Waals surface area contributed by atoms with Crippen LogP contribution in [0.3, 0.4) is 0 Å². The number of nitrogen functional groups attached to an aromatic ring is 1. The molecule has 0 unspecified atom stereocenters. The van der Waals surface area contributed by atoms with Gasteiger partial charge in [0.1, 0.15) is 0 Å². The second kappa shape index (κ2) is 10.1. The minimum absolute atomic E-state index is 0.719. The molecule has 0 spiro atoms. The summed E-state index contributed by atoms with van der Waals surface area (Å²) in [6, 6.07) is 51.7. The smallest absolute Gasteiger partial charge is 0.0547 e. The first kappa shape index (κ1) is 26.2. The molecule has 4 nitrogen and oxygen atoms in total. The standard InChI is InChI=1S/C42H30N4/c43-23-22-32-35(31-18-11-21-39-41(31)33-17-8-10-20-38(33)45(39)28-12-3-1-4-13-28)24-27-25-40-36(26-34(27)42(32)44)30-16-7-9-19-37(30)46(40)29-14-5-2-6-15-29/h1-26H,43-44H2/b23-22-. The quantitative estimate of drug-likeness (QED) is 0.200. The van der Waals surface area contributed by atoms with Crippen LogP contribution in [0.25, 0.3) is 83.0 Å². The zero-order chi connectivity index (χ0) is 30.8.